The van der Waals surface area contributed by atoms with Crippen LogP contribution in [0.4, 0.5) is 0 Å². The first-order chi connectivity index (χ1) is 6.72. The van der Waals surface area contributed by atoms with Gasteiger partial charge in [-0.3, -0.25) is 4.79 Å². The summed E-state index contributed by atoms with van der Waals surface area (Å²) >= 11 is 1.73. The number of nitrogens with one attached hydrogen (secondary N) is 1. The van der Waals surface area contributed by atoms with E-state index in [0.29, 0.717) is 0 Å². The van der Waals surface area contributed by atoms with E-state index in [9.17, 15) is 4.79 Å². The molecule has 0 aromatic carbocycles. The highest BCUT2D eigenvalue weighted by atomic mass is 32.1. The van der Waals surface area contributed by atoms with Crippen LogP contribution in [0, 0.1) is 6.92 Å². The van der Waals surface area contributed by atoms with Crippen LogP contribution in [0.15, 0.2) is 0 Å². The Balaban J connectivity index is 2.34. The molecule has 0 saturated heterocycles. The van der Waals surface area contributed by atoms with Gasteiger partial charge in [-0.25, -0.2) is 4.98 Å². The first kappa shape index (κ1) is 9.65. The van der Waals surface area contributed by atoms with Gasteiger partial charge in [-0.1, -0.05) is 0 Å². The van der Waals surface area contributed by atoms with Gasteiger partial charge in [-0.15, -0.1) is 11.3 Å². The smallest absolute Gasteiger partial charge is 0.228 e. The minimum Gasteiger partial charge on any atom is -0.359 e. The quantitative estimate of drug-likeness (QED) is 0.765. The molecule has 0 spiro atoms. The molecule has 1 heterocycles. The second-order valence-corrected chi connectivity index (χ2v) is 4.89. The normalized spacial score (nSPS) is 20.3. The molecule has 1 aromatic heterocycles. The highest BCUT2D eigenvalue weighted by Crippen LogP contribution is 2.34. The predicted octanol–water partition coefficient (Wildman–Crippen LogP) is 1.62. The Morgan fingerprint density at radius 1 is 1.64 bits per heavy atom. The summed E-state index contributed by atoms with van der Waals surface area (Å²) in [6.07, 6.45) is 3.14. The zero-order valence-electron chi connectivity index (χ0n) is 8.46. The maximum Gasteiger partial charge on any atom is 0.228 e. The summed E-state index contributed by atoms with van der Waals surface area (Å²) in [5.41, 5.74) is 1.03. The number of rotatable bonds is 1. The molecule has 0 radical (unpaired) electrons. The molecule has 0 unspecified atom stereocenters. The van der Waals surface area contributed by atoms with Crippen molar-refractivity contribution in [1.29, 1.82) is 0 Å². The number of aryl methyl sites for hydroxylation is 2. The zero-order chi connectivity index (χ0) is 10.1. The minimum atomic E-state index is -0.00583. The van der Waals surface area contributed by atoms with Gasteiger partial charge >= 0.3 is 0 Å². The van der Waals surface area contributed by atoms with E-state index < -0.39 is 0 Å². The SMILES string of the molecule is CNC(=O)[C@@H]1CCCc2sc(C)nc21. The second-order valence-electron chi connectivity index (χ2n) is 3.60. The molecule has 1 aromatic rings. The predicted molar refractivity (Wildman–Crippen MR) is 56.6 cm³/mol. The lowest BCUT2D eigenvalue weighted by atomic mass is 9.90. The van der Waals surface area contributed by atoms with Gasteiger partial charge in [0.2, 0.25) is 5.91 Å². The summed E-state index contributed by atoms with van der Waals surface area (Å²) in [5.74, 6) is 0.102. The van der Waals surface area contributed by atoms with Crippen molar-refractivity contribution in [3.8, 4) is 0 Å². The molecule has 0 aliphatic heterocycles. The van der Waals surface area contributed by atoms with Gasteiger partial charge in [0.05, 0.1) is 16.6 Å². The maximum atomic E-state index is 11.6. The van der Waals surface area contributed by atoms with Crippen molar-refractivity contribution in [2.45, 2.75) is 32.1 Å². The van der Waals surface area contributed by atoms with E-state index >= 15 is 0 Å². The van der Waals surface area contributed by atoms with Crippen molar-refractivity contribution < 1.29 is 4.79 Å². The number of hydrogen-bond donors (Lipinski definition) is 1. The van der Waals surface area contributed by atoms with Crippen molar-refractivity contribution in [3.63, 3.8) is 0 Å². The molecule has 4 heteroatoms. The van der Waals surface area contributed by atoms with Gasteiger partial charge in [0.1, 0.15) is 0 Å². The largest absolute Gasteiger partial charge is 0.359 e. The van der Waals surface area contributed by atoms with E-state index in [0.717, 1.165) is 30.0 Å². The third kappa shape index (κ3) is 1.54. The van der Waals surface area contributed by atoms with Crippen molar-refractivity contribution >= 4 is 17.2 Å². The molecular formula is C10H14N2OS. The van der Waals surface area contributed by atoms with Crippen molar-refractivity contribution in [3.05, 3.63) is 15.6 Å². The molecule has 1 atom stereocenters. The molecule has 0 fully saturated rings. The molecule has 14 heavy (non-hydrogen) atoms. The summed E-state index contributed by atoms with van der Waals surface area (Å²) in [6.45, 7) is 2.00. The summed E-state index contributed by atoms with van der Waals surface area (Å²) in [5, 5.41) is 3.79. The third-order valence-corrected chi connectivity index (χ3v) is 3.67. The number of carbonyl (C=O) groups excluding carboxylic acids is 1. The number of hydrogen-bond acceptors (Lipinski definition) is 3. The van der Waals surface area contributed by atoms with Gasteiger partial charge in [0, 0.05) is 11.9 Å². The summed E-state index contributed by atoms with van der Waals surface area (Å²) in [4.78, 5) is 17.4. The number of carbonyl (C=O) groups is 1. The average Bonchev–Trinajstić information content (AvgIpc) is 2.56. The fraction of sp³-hybridized carbons (Fsp3) is 0.600. The highest BCUT2D eigenvalue weighted by molar-refractivity contribution is 7.11. The number of aromatic nitrogens is 1. The van der Waals surface area contributed by atoms with E-state index in [-0.39, 0.29) is 11.8 Å². The number of nitrogens with zero attached hydrogens (tertiary/aromatic N) is 1. The summed E-state index contributed by atoms with van der Waals surface area (Å²) in [6, 6.07) is 0. The van der Waals surface area contributed by atoms with E-state index in [4.69, 9.17) is 0 Å². The molecule has 1 aliphatic rings. The first-order valence-electron chi connectivity index (χ1n) is 4.90. The second kappa shape index (κ2) is 3.69. The van der Waals surface area contributed by atoms with Crippen molar-refractivity contribution in [2.75, 3.05) is 7.05 Å². The van der Waals surface area contributed by atoms with Crippen LogP contribution in [0.5, 0.6) is 0 Å². The molecule has 1 aliphatic carbocycles. The standard InChI is InChI=1S/C10H14N2OS/c1-6-12-9-7(10(13)11-2)4-3-5-8(9)14-6/h7H,3-5H2,1-2H3,(H,11,13)/t7-/m1/s1. The van der Waals surface area contributed by atoms with Crippen molar-refractivity contribution in [2.24, 2.45) is 0 Å². The Labute approximate surface area is 87.6 Å². The van der Waals surface area contributed by atoms with Crippen LogP contribution in [0.2, 0.25) is 0 Å². The first-order valence-corrected chi connectivity index (χ1v) is 5.72. The Morgan fingerprint density at radius 2 is 2.43 bits per heavy atom. The molecule has 1 amide bonds. The lowest BCUT2D eigenvalue weighted by molar-refractivity contribution is -0.122. The van der Waals surface area contributed by atoms with Gasteiger partial charge in [-0.2, -0.15) is 0 Å². The van der Waals surface area contributed by atoms with Crippen LogP contribution in [0.3, 0.4) is 0 Å². The van der Waals surface area contributed by atoms with Crippen LogP contribution >= 0.6 is 11.3 Å². The fourth-order valence-electron chi connectivity index (χ4n) is 1.97. The molecule has 0 saturated carbocycles. The molecular weight excluding hydrogens is 196 g/mol. The Kier molecular flexibility index (Phi) is 2.54. The number of likely N-dealkylation sites (N-methyl/N-ethyl adjacent to an activating group) is 1. The van der Waals surface area contributed by atoms with E-state index in [1.807, 2.05) is 6.92 Å². The van der Waals surface area contributed by atoms with Crippen LogP contribution in [-0.2, 0) is 11.2 Å². The maximum absolute atomic E-state index is 11.6. The molecule has 3 nitrogen and oxygen atoms in total. The minimum absolute atomic E-state index is 0.00583. The van der Waals surface area contributed by atoms with Crippen LogP contribution in [-0.4, -0.2) is 17.9 Å². The highest BCUT2D eigenvalue weighted by Gasteiger charge is 2.28. The fourth-order valence-corrected chi connectivity index (χ4v) is 3.01. The average molecular weight is 210 g/mol. The molecule has 76 valence electrons. The van der Waals surface area contributed by atoms with E-state index in [1.165, 1.54) is 4.88 Å². The van der Waals surface area contributed by atoms with Crippen molar-refractivity contribution in [1.82, 2.24) is 10.3 Å². The summed E-state index contributed by atoms with van der Waals surface area (Å²) < 4.78 is 0. The lowest BCUT2D eigenvalue weighted by Gasteiger charge is -2.19. The number of amides is 1. The summed E-state index contributed by atoms with van der Waals surface area (Å²) in [7, 11) is 1.69. The van der Waals surface area contributed by atoms with Gasteiger partial charge in [0.25, 0.3) is 0 Å². The zero-order valence-corrected chi connectivity index (χ0v) is 9.28. The molecule has 2 rings (SSSR count). The van der Waals surface area contributed by atoms with Crippen LogP contribution in [0.1, 0.15) is 34.3 Å². The van der Waals surface area contributed by atoms with E-state index in [2.05, 4.69) is 10.3 Å². The molecule has 0 bridgehead atoms. The van der Waals surface area contributed by atoms with E-state index in [1.54, 1.807) is 18.4 Å². The van der Waals surface area contributed by atoms with Gasteiger partial charge in [-0.05, 0) is 26.2 Å². The Morgan fingerprint density at radius 3 is 3.14 bits per heavy atom. The topological polar surface area (TPSA) is 42.0 Å². The third-order valence-electron chi connectivity index (χ3n) is 2.62. The monoisotopic (exact) mass is 210 g/mol. The van der Waals surface area contributed by atoms with Crippen LogP contribution in [0.25, 0.3) is 0 Å². The Bertz CT molecular complexity index is 359. The lowest BCUT2D eigenvalue weighted by Crippen LogP contribution is -2.28. The number of fused-ring (bicyclic) bond motifs is 1. The van der Waals surface area contributed by atoms with Gasteiger partial charge in [0.15, 0.2) is 0 Å². The van der Waals surface area contributed by atoms with Gasteiger partial charge < -0.3 is 5.32 Å². The van der Waals surface area contributed by atoms with Crippen LogP contribution < -0.4 is 5.32 Å². The number of thiazole rings is 1. The molecule has 1 N–H and O–H groups in total. The Hall–Kier alpha value is -0.900.